The van der Waals surface area contributed by atoms with Crippen molar-refractivity contribution in [3.63, 3.8) is 0 Å². The van der Waals surface area contributed by atoms with Crippen LogP contribution in [0.5, 0.6) is 5.75 Å². The van der Waals surface area contributed by atoms with Crippen LogP contribution in [-0.2, 0) is 6.42 Å². The molecule has 6 nitrogen and oxygen atoms in total. The van der Waals surface area contributed by atoms with E-state index >= 15 is 0 Å². The summed E-state index contributed by atoms with van der Waals surface area (Å²) in [5.41, 5.74) is 2.38. The van der Waals surface area contributed by atoms with Crippen LogP contribution in [0.1, 0.15) is 30.5 Å². The summed E-state index contributed by atoms with van der Waals surface area (Å²) in [7, 11) is 3.57. The molecule has 3 rings (SSSR count). The first-order valence-electron chi connectivity index (χ1n) is 9.89. The van der Waals surface area contributed by atoms with E-state index in [2.05, 4.69) is 51.5 Å². The Labute approximate surface area is 172 Å². The van der Waals surface area contributed by atoms with Gasteiger partial charge in [-0.25, -0.2) is 4.98 Å². The molecular formula is C21H31N5OS. The fraction of sp³-hybridized carbons (Fsp3) is 0.524. The Morgan fingerprint density at radius 1 is 1.29 bits per heavy atom. The number of piperazine rings is 1. The van der Waals surface area contributed by atoms with Crippen LogP contribution in [0.25, 0.3) is 0 Å². The molecule has 0 bridgehead atoms. The van der Waals surface area contributed by atoms with Crippen LogP contribution in [-0.4, -0.2) is 62.7 Å². The normalized spacial score (nSPS) is 15.2. The predicted molar refractivity (Wildman–Crippen MR) is 118 cm³/mol. The highest BCUT2D eigenvalue weighted by molar-refractivity contribution is 7.09. The summed E-state index contributed by atoms with van der Waals surface area (Å²) < 4.78 is 5.35. The summed E-state index contributed by atoms with van der Waals surface area (Å²) in [6.07, 6.45) is 0.923. The lowest BCUT2D eigenvalue weighted by atomic mass is 10.2. The van der Waals surface area contributed by atoms with Gasteiger partial charge >= 0.3 is 0 Å². The van der Waals surface area contributed by atoms with E-state index in [-0.39, 0.29) is 0 Å². The summed E-state index contributed by atoms with van der Waals surface area (Å²) in [5, 5.41) is 6.89. The number of hydrogen-bond acceptors (Lipinski definition) is 5. The molecule has 2 heterocycles. The van der Waals surface area contributed by atoms with Crippen molar-refractivity contribution < 1.29 is 4.74 Å². The third kappa shape index (κ3) is 5.16. The maximum absolute atomic E-state index is 5.35. The van der Waals surface area contributed by atoms with Gasteiger partial charge in [0.2, 0.25) is 0 Å². The van der Waals surface area contributed by atoms with E-state index in [4.69, 9.17) is 9.72 Å². The predicted octanol–water partition coefficient (Wildman–Crippen LogP) is 3.22. The number of aliphatic imine (C=N–C) groups is 1. The van der Waals surface area contributed by atoms with Gasteiger partial charge in [0.25, 0.3) is 0 Å². The second-order valence-electron chi connectivity index (χ2n) is 7.23. The zero-order valence-corrected chi connectivity index (χ0v) is 18.1. The second kappa shape index (κ2) is 9.78. The van der Waals surface area contributed by atoms with Crippen molar-refractivity contribution >= 4 is 23.0 Å². The van der Waals surface area contributed by atoms with Crippen LogP contribution in [0.4, 0.5) is 5.69 Å². The maximum Gasteiger partial charge on any atom is 0.193 e. The van der Waals surface area contributed by atoms with E-state index in [1.807, 2.05) is 19.2 Å². The number of rotatable bonds is 6. The number of guanidine groups is 1. The Kier molecular flexibility index (Phi) is 7.14. The van der Waals surface area contributed by atoms with Crippen LogP contribution in [0.3, 0.4) is 0 Å². The first-order valence-corrected chi connectivity index (χ1v) is 10.8. The van der Waals surface area contributed by atoms with Crippen molar-refractivity contribution in [2.45, 2.75) is 26.2 Å². The molecule has 0 spiro atoms. The first kappa shape index (κ1) is 20.5. The lowest BCUT2D eigenvalue weighted by molar-refractivity contribution is 0.372. The van der Waals surface area contributed by atoms with Crippen LogP contribution >= 0.6 is 11.3 Å². The number of methoxy groups -OCH3 is 1. The molecule has 0 atom stereocenters. The SMILES string of the molecule is CN=C(NCCc1csc(C(C)C)n1)N1CCN(c2cccc(OC)c2)CC1. The third-order valence-corrected chi connectivity index (χ3v) is 6.13. The smallest absolute Gasteiger partial charge is 0.193 e. The van der Waals surface area contributed by atoms with Crippen molar-refractivity contribution in [1.29, 1.82) is 0 Å². The molecule has 1 aromatic heterocycles. The standard InChI is InChI=1S/C21H31N5OS/c1-16(2)20-24-17(15-28-20)8-9-23-21(22-3)26-12-10-25(11-13-26)18-6-5-7-19(14-18)27-4/h5-7,14-16H,8-13H2,1-4H3,(H,22,23). The van der Waals surface area contributed by atoms with Gasteiger partial charge in [-0.3, -0.25) is 4.99 Å². The molecule has 0 unspecified atom stereocenters. The minimum absolute atomic E-state index is 0.500. The van der Waals surface area contributed by atoms with Crippen LogP contribution < -0.4 is 15.0 Å². The highest BCUT2D eigenvalue weighted by Gasteiger charge is 2.20. The maximum atomic E-state index is 5.35. The van der Waals surface area contributed by atoms with Gasteiger partial charge in [-0.15, -0.1) is 11.3 Å². The first-order chi connectivity index (χ1) is 13.6. The molecule has 0 radical (unpaired) electrons. The average molecular weight is 402 g/mol. The minimum Gasteiger partial charge on any atom is -0.497 e. The van der Waals surface area contributed by atoms with Crippen molar-refractivity contribution in [3.8, 4) is 5.75 Å². The lowest BCUT2D eigenvalue weighted by Gasteiger charge is -2.37. The zero-order valence-electron chi connectivity index (χ0n) is 17.3. The van der Waals surface area contributed by atoms with Crippen molar-refractivity contribution in [1.82, 2.24) is 15.2 Å². The van der Waals surface area contributed by atoms with Crippen molar-refractivity contribution in [3.05, 3.63) is 40.3 Å². The molecule has 0 saturated carbocycles. The van der Waals surface area contributed by atoms with Gasteiger partial charge in [0.15, 0.2) is 5.96 Å². The van der Waals surface area contributed by atoms with Crippen molar-refractivity contribution in [2.24, 2.45) is 4.99 Å². The third-order valence-electron chi connectivity index (χ3n) is 4.94. The van der Waals surface area contributed by atoms with E-state index < -0.39 is 0 Å². The largest absolute Gasteiger partial charge is 0.497 e. The summed E-state index contributed by atoms with van der Waals surface area (Å²) in [4.78, 5) is 13.9. The van der Waals surface area contributed by atoms with E-state index in [0.29, 0.717) is 5.92 Å². The van der Waals surface area contributed by atoms with Gasteiger partial charge in [0, 0.05) is 69.2 Å². The highest BCUT2D eigenvalue weighted by Crippen LogP contribution is 2.22. The molecule has 2 aromatic rings. The van der Waals surface area contributed by atoms with Gasteiger partial charge in [-0.1, -0.05) is 19.9 Å². The number of thiazole rings is 1. The van der Waals surface area contributed by atoms with Gasteiger partial charge < -0.3 is 19.9 Å². The zero-order chi connectivity index (χ0) is 19.9. The molecule has 28 heavy (non-hydrogen) atoms. The van der Waals surface area contributed by atoms with E-state index in [1.54, 1.807) is 18.4 Å². The Bertz CT molecular complexity index is 781. The lowest BCUT2D eigenvalue weighted by Crippen LogP contribution is -2.52. The molecule has 1 aliphatic rings. The summed E-state index contributed by atoms with van der Waals surface area (Å²) in [6.45, 7) is 9.07. The molecule has 1 aliphatic heterocycles. The minimum atomic E-state index is 0.500. The molecular weight excluding hydrogens is 370 g/mol. The van der Waals surface area contributed by atoms with Crippen LogP contribution in [0.15, 0.2) is 34.6 Å². The Hall–Kier alpha value is -2.28. The van der Waals surface area contributed by atoms with Gasteiger partial charge in [0.05, 0.1) is 17.8 Å². The van der Waals surface area contributed by atoms with Crippen LogP contribution in [0.2, 0.25) is 0 Å². The second-order valence-corrected chi connectivity index (χ2v) is 8.12. The number of benzene rings is 1. The Morgan fingerprint density at radius 3 is 2.71 bits per heavy atom. The Morgan fingerprint density at radius 2 is 2.07 bits per heavy atom. The highest BCUT2D eigenvalue weighted by atomic mass is 32.1. The average Bonchev–Trinajstić information content (AvgIpc) is 3.21. The fourth-order valence-electron chi connectivity index (χ4n) is 3.32. The molecule has 7 heteroatoms. The number of nitrogens with zero attached hydrogens (tertiary/aromatic N) is 4. The number of nitrogens with one attached hydrogen (secondary N) is 1. The molecule has 1 fully saturated rings. The molecule has 1 N–H and O–H groups in total. The number of aromatic nitrogens is 1. The van der Waals surface area contributed by atoms with Gasteiger partial charge in [0.1, 0.15) is 5.75 Å². The van der Waals surface area contributed by atoms with E-state index in [0.717, 1.165) is 50.9 Å². The molecule has 1 saturated heterocycles. The number of ether oxygens (including phenoxy) is 1. The molecule has 1 aromatic carbocycles. The summed E-state index contributed by atoms with van der Waals surface area (Å²) in [6, 6.07) is 8.27. The monoisotopic (exact) mass is 401 g/mol. The van der Waals surface area contributed by atoms with Crippen molar-refractivity contribution in [2.75, 3.05) is 51.8 Å². The number of anilines is 1. The Balaban J connectivity index is 1.48. The van der Waals surface area contributed by atoms with E-state index in [1.165, 1.54) is 16.4 Å². The van der Waals surface area contributed by atoms with E-state index in [9.17, 15) is 0 Å². The fourth-order valence-corrected chi connectivity index (χ4v) is 4.19. The quantitative estimate of drug-likeness (QED) is 0.595. The summed E-state index contributed by atoms with van der Waals surface area (Å²) in [5.74, 6) is 2.38. The molecule has 152 valence electrons. The summed E-state index contributed by atoms with van der Waals surface area (Å²) >= 11 is 1.76. The molecule has 0 aliphatic carbocycles. The van der Waals surface area contributed by atoms with Gasteiger partial charge in [-0.05, 0) is 12.1 Å². The number of hydrogen-bond donors (Lipinski definition) is 1. The molecule has 0 amide bonds. The topological polar surface area (TPSA) is 53.0 Å². The van der Waals surface area contributed by atoms with Gasteiger partial charge in [-0.2, -0.15) is 0 Å². The van der Waals surface area contributed by atoms with Crippen LogP contribution in [0, 0.1) is 0 Å².